The highest BCUT2D eigenvalue weighted by Crippen LogP contribution is 2.29. The van der Waals surface area contributed by atoms with Gasteiger partial charge in [-0.05, 0) is 55.7 Å². The Morgan fingerprint density at radius 3 is 2.57 bits per heavy atom. The van der Waals surface area contributed by atoms with Gasteiger partial charge in [-0.3, -0.25) is 4.79 Å². The second-order valence-corrected chi connectivity index (χ2v) is 7.40. The molecule has 1 aliphatic heterocycles. The first kappa shape index (κ1) is 19.8. The number of aromatic nitrogens is 3. The molecule has 2 aromatic heterocycles. The second-order valence-electron chi connectivity index (χ2n) is 7.40. The van der Waals surface area contributed by atoms with Gasteiger partial charge in [-0.25, -0.2) is 4.98 Å². The molecule has 0 radical (unpaired) electrons. The van der Waals surface area contributed by atoms with Crippen LogP contribution >= 0.6 is 0 Å². The maximum Gasteiger partial charge on any atom is 0.228 e. The van der Waals surface area contributed by atoms with Gasteiger partial charge in [0.15, 0.2) is 5.82 Å². The topological polar surface area (TPSA) is 80.2 Å². The quantitative estimate of drug-likeness (QED) is 0.700. The van der Waals surface area contributed by atoms with Crippen LogP contribution in [0.4, 0.5) is 11.6 Å². The molecule has 1 amide bonds. The molecule has 0 atom stereocenters. The predicted octanol–water partition coefficient (Wildman–Crippen LogP) is 3.71. The largest absolute Gasteiger partial charge is 0.496 e. The molecule has 1 saturated heterocycles. The minimum atomic E-state index is -0.0246. The van der Waals surface area contributed by atoms with Gasteiger partial charge in [0.25, 0.3) is 0 Å². The number of rotatable bonds is 5. The maximum absolute atomic E-state index is 12.6. The Hall–Kier alpha value is -3.48. The molecule has 154 valence electrons. The van der Waals surface area contributed by atoms with Crippen molar-refractivity contribution in [3.05, 3.63) is 60.3 Å². The van der Waals surface area contributed by atoms with Gasteiger partial charge in [0.1, 0.15) is 11.6 Å². The third-order valence-corrected chi connectivity index (χ3v) is 5.47. The molecule has 3 heterocycles. The second kappa shape index (κ2) is 8.90. The number of methoxy groups -OCH3 is 1. The number of piperidine rings is 1. The Kier molecular flexibility index (Phi) is 5.88. The SMILES string of the molecule is COc1ccccc1-c1ccc(N2CCC(C(=O)Nc3ncccc3C)CC2)nn1. The van der Waals surface area contributed by atoms with Crippen LogP contribution in [0.1, 0.15) is 18.4 Å². The average Bonchev–Trinajstić information content (AvgIpc) is 2.81. The number of ether oxygens (including phenoxy) is 1. The molecule has 3 aromatic rings. The smallest absolute Gasteiger partial charge is 0.228 e. The molecule has 0 bridgehead atoms. The Morgan fingerprint density at radius 1 is 1.07 bits per heavy atom. The highest BCUT2D eigenvalue weighted by Gasteiger charge is 2.26. The molecule has 0 saturated carbocycles. The summed E-state index contributed by atoms with van der Waals surface area (Å²) in [5.74, 6) is 2.25. The molecule has 0 spiro atoms. The third-order valence-electron chi connectivity index (χ3n) is 5.47. The van der Waals surface area contributed by atoms with Gasteiger partial charge >= 0.3 is 0 Å². The first-order chi connectivity index (χ1) is 14.7. The van der Waals surface area contributed by atoms with Crippen LogP contribution in [0, 0.1) is 12.8 Å². The van der Waals surface area contributed by atoms with E-state index in [2.05, 4.69) is 25.4 Å². The van der Waals surface area contributed by atoms with E-state index in [9.17, 15) is 4.79 Å². The van der Waals surface area contributed by atoms with E-state index in [0.717, 1.165) is 54.3 Å². The summed E-state index contributed by atoms with van der Waals surface area (Å²) in [7, 11) is 1.65. The van der Waals surface area contributed by atoms with Crippen LogP contribution in [0.25, 0.3) is 11.3 Å². The first-order valence-electron chi connectivity index (χ1n) is 10.1. The van der Waals surface area contributed by atoms with E-state index in [-0.39, 0.29) is 11.8 Å². The highest BCUT2D eigenvalue weighted by molar-refractivity contribution is 5.92. The summed E-state index contributed by atoms with van der Waals surface area (Å²) in [6, 6.07) is 15.5. The van der Waals surface area contributed by atoms with E-state index in [1.54, 1.807) is 13.3 Å². The van der Waals surface area contributed by atoms with Gasteiger partial charge in [-0.2, -0.15) is 0 Å². The molecule has 1 fully saturated rings. The Balaban J connectivity index is 1.37. The van der Waals surface area contributed by atoms with Crippen molar-refractivity contribution in [2.24, 2.45) is 5.92 Å². The fourth-order valence-electron chi connectivity index (χ4n) is 3.70. The van der Waals surface area contributed by atoms with Crippen LogP contribution in [-0.4, -0.2) is 41.3 Å². The number of amides is 1. The van der Waals surface area contributed by atoms with Crippen LogP contribution in [0.2, 0.25) is 0 Å². The van der Waals surface area contributed by atoms with Gasteiger partial charge in [-0.1, -0.05) is 18.2 Å². The van der Waals surface area contributed by atoms with E-state index in [1.165, 1.54) is 0 Å². The number of hydrogen-bond acceptors (Lipinski definition) is 6. The number of carbonyl (C=O) groups excluding carboxylic acids is 1. The molecule has 4 rings (SSSR count). The van der Waals surface area contributed by atoms with Crippen molar-refractivity contribution >= 4 is 17.5 Å². The molecule has 7 heteroatoms. The lowest BCUT2D eigenvalue weighted by Gasteiger charge is -2.31. The van der Waals surface area contributed by atoms with Crippen molar-refractivity contribution in [3.63, 3.8) is 0 Å². The Bertz CT molecular complexity index is 1010. The Labute approximate surface area is 176 Å². The zero-order valence-electron chi connectivity index (χ0n) is 17.2. The van der Waals surface area contributed by atoms with Gasteiger partial charge in [0, 0.05) is 30.8 Å². The predicted molar refractivity (Wildman–Crippen MR) is 117 cm³/mol. The number of aryl methyl sites for hydroxylation is 1. The summed E-state index contributed by atoms with van der Waals surface area (Å²) < 4.78 is 5.41. The molecule has 1 N–H and O–H groups in total. The molecule has 7 nitrogen and oxygen atoms in total. The third kappa shape index (κ3) is 4.25. The molecule has 1 aliphatic rings. The van der Waals surface area contributed by atoms with Crippen LogP contribution in [0.3, 0.4) is 0 Å². The number of benzene rings is 1. The summed E-state index contributed by atoms with van der Waals surface area (Å²) >= 11 is 0. The zero-order chi connectivity index (χ0) is 20.9. The van der Waals surface area contributed by atoms with Gasteiger partial charge in [-0.15, -0.1) is 10.2 Å². The molecular weight excluding hydrogens is 378 g/mol. The number of nitrogens with one attached hydrogen (secondary N) is 1. The normalized spacial score (nSPS) is 14.4. The van der Waals surface area contributed by atoms with Gasteiger partial charge in [0.2, 0.25) is 5.91 Å². The van der Waals surface area contributed by atoms with Crippen LogP contribution in [-0.2, 0) is 4.79 Å². The van der Waals surface area contributed by atoms with Crippen molar-refractivity contribution in [1.82, 2.24) is 15.2 Å². The summed E-state index contributed by atoms with van der Waals surface area (Å²) in [5, 5.41) is 11.8. The standard InChI is InChI=1S/C23H25N5O2/c1-16-6-5-13-24-22(16)25-23(29)17-11-14-28(15-12-17)21-10-9-19(26-27-21)18-7-3-4-8-20(18)30-2/h3-10,13,17H,11-12,14-15H2,1-2H3,(H,24,25,29). The number of pyridine rings is 1. The molecule has 0 unspecified atom stereocenters. The lowest BCUT2D eigenvalue weighted by Crippen LogP contribution is -2.38. The fraction of sp³-hybridized carbons (Fsp3) is 0.304. The molecule has 30 heavy (non-hydrogen) atoms. The molecular formula is C23H25N5O2. The van der Waals surface area contributed by atoms with E-state index >= 15 is 0 Å². The fourth-order valence-corrected chi connectivity index (χ4v) is 3.70. The van der Waals surface area contributed by atoms with Gasteiger partial charge < -0.3 is 15.0 Å². The van der Waals surface area contributed by atoms with Crippen molar-refractivity contribution in [1.29, 1.82) is 0 Å². The van der Waals surface area contributed by atoms with Crippen molar-refractivity contribution in [2.45, 2.75) is 19.8 Å². The number of nitrogens with zero attached hydrogens (tertiary/aromatic N) is 4. The summed E-state index contributed by atoms with van der Waals surface area (Å²) in [4.78, 5) is 19.0. The summed E-state index contributed by atoms with van der Waals surface area (Å²) in [5.41, 5.74) is 2.66. The van der Waals surface area contributed by atoms with Crippen molar-refractivity contribution in [2.75, 3.05) is 30.4 Å². The van der Waals surface area contributed by atoms with Crippen LogP contribution in [0.15, 0.2) is 54.7 Å². The summed E-state index contributed by atoms with van der Waals surface area (Å²) in [6.45, 7) is 3.47. The average molecular weight is 403 g/mol. The Morgan fingerprint density at radius 2 is 1.87 bits per heavy atom. The molecule has 1 aromatic carbocycles. The zero-order valence-corrected chi connectivity index (χ0v) is 17.2. The van der Waals surface area contributed by atoms with Crippen molar-refractivity contribution in [3.8, 4) is 17.0 Å². The lowest BCUT2D eigenvalue weighted by atomic mass is 9.96. The number of anilines is 2. The van der Waals surface area contributed by atoms with Crippen molar-refractivity contribution < 1.29 is 9.53 Å². The first-order valence-corrected chi connectivity index (χ1v) is 10.1. The van der Waals surface area contributed by atoms with E-state index in [4.69, 9.17) is 4.74 Å². The lowest BCUT2D eigenvalue weighted by molar-refractivity contribution is -0.120. The highest BCUT2D eigenvalue weighted by atomic mass is 16.5. The number of hydrogen-bond donors (Lipinski definition) is 1. The minimum Gasteiger partial charge on any atom is -0.496 e. The van der Waals surface area contributed by atoms with E-state index in [0.29, 0.717) is 5.82 Å². The monoisotopic (exact) mass is 403 g/mol. The van der Waals surface area contributed by atoms with Crippen LogP contribution in [0.5, 0.6) is 5.75 Å². The molecule has 0 aliphatic carbocycles. The van der Waals surface area contributed by atoms with E-state index in [1.807, 2.05) is 55.5 Å². The van der Waals surface area contributed by atoms with Crippen LogP contribution < -0.4 is 15.0 Å². The maximum atomic E-state index is 12.6. The summed E-state index contributed by atoms with van der Waals surface area (Å²) in [6.07, 6.45) is 3.24. The number of carbonyl (C=O) groups is 1. The van der Waals surface area contributed by atoms with Gasteiger partial charge in [0.05, 0.1) is 12.8 Å². The van der Waals surface area contributed by atoms with E-state index < -0.39 is 0 Å². The minimum absolute atomic E-state index is 0.0246. The number of para-hydroxylation sites is 1.